The first-order chi connectivity index (χ1) is 10.2. The molecule has 0 fully saturated rings. The van der Waals surface area contributed by atoms with Gasteiger partial charge in [0.05, 0.1) is 16.7 Å². The zero-order valence-electron chi connectivity index (χ0n) is 11.0. The Hall–Kier alpha value is -2.10. The van der Waals surface area contributed by atoms with Crippen molar-refractivity contribution < 1.29 is 0 Å². The molecule has 0 aliphatic carbocycles. The number of aromatic amines is 1. The summed E-state index contributed by atoms with van der Waals surface area (Å²) in [6.45, 7) is 0. The third-order valence-corrected chi connectivity index (χ3v) is 4.17. The fraction of sp³-hybridized carbons (Fsp3) is 0. The Morgan fingerprint density at radius 3 is 2.67 bits per heavy atom. The number of hydrogen-bond acceptors (Lipinski definition) is 1. The molecular weight excluding hydrogens is 300 g/mol. The van der Waals surface area contributed by atoms with Gasteiger partial charge in [0, 0.05) is 10.4 Å². The maximum atomic E-state index is 6.14. The zero-order chi connectivity index (χ0) is 14.4. The Morgan fingerprint density at radius 2 is 1.76 bits per heavy atom. The highest BCUT2D eigenvalue weighted by molar-refractivity contribution is 7.71. The Labute approximate surface area is 131 Å². The zero-order valence-corrected chi connectivity index (χ0v) is 12.6. The number of rotatable bonds is 1. The number of nitrogens with zero attached hydrogens (tertiary/aromatic N) is 1. The van der Waals surface area contributed by atoms with Crippen LogP contribution >= 0.6 is 23.8 Å². The lowest BCUT2D eigenvalue weighted by molar-refractivity contribution is 1.08. The van der Waals surface area contributed by atoms with Crippen LogP contribution in [0.25, 0.3) is 27.5 Å². The number of nitrogens with one attached hydrogen (secondary N) is 1. The second-order valence-corrected chi connectivity index (χ2v) is 5.75. The van der Waals surface area contributed by atoms with Gasteiger partial charge in [-0.1, -0.05) is 48.0 Å². The molecule has 102 valence electrons. The molecule has 1 heterocycles. The largest absolute Gasteiger partial charge is 0.330 e. The van der Waals surface area contributed by atoms with Gasteiger partial charge in [0.25, 0.3) is 0 Å². The average Bonchev–Trinajstić information content (AvgIpc) is 2.82. The van der Waals surface area contributed by atoms with Crippen LogP contribution in [0.15, 0.2) is 60.7 Å². The predicted molar refractivity (Wildman–Crippen MR) is 91.0 cm³/mol. The Kier molecular flexibility index (Phi) is 2.84. The van der Waals surface area contributed by atoms with Crippen LogP contribution < -0.4 is 0 Å². The molecular formula is C17H11ClN2S. The lowest BCUT2D eigenvalue weighted by Gasteiger charge is -2.09. The fourth-order valence-corrected chi connectivity index (χ4v) is 3.19. The number of H-pyrrole nitrogens is 1. The van der Waals surface area contributed by atoms with Gasteiger partial charge in [0.15, 0.2) is 4.77 Å². The van der Waals surface area contributed by atoms with Crippen molar-refractivity contribution in [3.8, 4) is 5.69 Å². The second-order valence-electron chi connectivity index (χ2n) is 4.93. The predicted octanol–water partition coefficient (Wildman–Crippen LogP) is 5.49. The topological polar surface area (TPSA) is 20.7 Å². The van der Waals surface area contributed by atoms with E-state index in [-0.39, 0.29) is 0 Å². The van der Waals surface area contributed by atoms with Crippen molar-refractivity contribution in [3.63, 3.8) is 0 Å². The number of benzene rings is 3. The molecule has 0 aliphatic rings. The standard InChI is InChI=1S/C17H11ClN2S/c18-12-8-9-14-16(10-12)20(17(21)19-14)15-7-3-5-11-4-1-2-6-13(11)15/h1-10H,(H,19,21). The summed E-state index contributed by atoms with van der Waals surface area (Å²) in [5.74, 6) is 0. The van der Waals surface area contributed by atoms with Crippen molar-refractivity contribution in [2.45, 2.75) is 0 Å². The number of halogens is 1. The first kappa shape index (κ1) is 12.6. The summed E-state index contributed by atoms with van der Waals surface area (Å²) in [5, 5.41) is 3.05. The third kappa shape index (κ3) is 1.97. The molecule has 1 N–H and O–H groups in total. The molecule has 0 saturated heterocycles. The number of hydrogen-bond donors (Lipinski definition) is 1. The lowest BCUT2D eigenvalue weighted by atomic mass is 10.1. The molecule has 0 radical (unpaired) electrons. The molecule has 0 unspecified atom stereocenters. The van der Waals surface area contributed by atoms with Gasteiger partial charge in [-0.2, -0.15) is 0 Å². The number of aromatic nitrogens is 2. The smallest absolute Gasteiger partial charge is 0.182 e. The van der Waals surface area contributed by atoms with Gasteiger partial charge in [-0.15, -0.1) is 0 Å². The number of imidazole rings is 1. The first-order valence-corrected chi connectivity index (χ1v) is 7.41. The van der Waals surface area contributed by atoms with Crippen LogP contribution in [0.4, 0.5) is 0 Å². The average molecular weight is 311 g/mol. The molecule has 2 nitrogen and oxygen atoms in total. The highest BCUT2D eigenvalue weighted by atomic mass is 35.5. The van der Waals surface area contributed by atoms with Crippen LogP contribution in [0.3, 0.4) is 0 Å². The summed E-state index contributed by atoms with van der Waals surface area (Å²) in [6, 6.07) is 20.3. The Morgan fingerprint density at radius 1 is 0.952 bits per heavy atom. The van der Waals surface area contributed by atoms with E-state index in [1.54, 1.807) is 0 Å². The summed E-state index contributed by atoms with van der Waals surface area (Å²) in [4.78, 5) is 3.24. The van der Waals surface area contributed by atoms with Crippen molar-refractivity contribution in [1.29, 1.82) is 0 Å². The molecule has 4 aromatic rings. The van der Waals surface area contributed by atoms with E-state index < -0.39 is 0 Å². The molecule has 21 heavy (non-hydrogen) atoms. The van der Waals surface area contributed by atoms with E-state index in [0.717, 1.165) is 22.1 Å². The molecule has 0 amide bonds. The van der Waals surface area contributed by atoms with E-state index >= 15 is 0 Å². The molecule has 0 saturated carbocycles. The fourth-order valence-electron chi connectivity index (χ4n) is 2.72. The number of fused-ring (bicyclic) bond motifs is 2. The second kappa shape index (κ2) is 4.72. The normalized spacial score (nSPS) is 11.3. The van der Waals surface area contributed by atoms with Gasteiger partial charge in [-0.05, 0) is 41.9 Å². The van der Waals surface area contributed by atoms with E-state index in [9.17, 15) is 0 Å². The molecule has 0 atom stereocenters. The van der Waals surface area contributed by atoms with Gasteiger partial charge in [-0.3, -0.25) is 4.57 Å². The first-order valence-electron chi connectivity index (χ1n) is 6.62. The molecule has 4 rings (SSSR count). The van der Waals surface area contributed by atoms with Gasteiger partial charge in [0.2, 0.25) is 0 Å². The van der Waals surface area contributed by atoms with Crippen molar-refractivity contribution in [2.75, 3.05) is 0 Å². The Bertz CT molecular complexity index is 1020. The minimum absolute atomic E-state index is 0.670. The van der Waals surface area contributed by atoms with Crippen LogP contribution in [0, 0.1) is 4.77 Å². The SMILES string of the molecule is S=c1[nH]c2ccc(Cl)cc2n1-c1cccc2ccccc12. The molecule has 0 spiro atoms. The quantitative estimate of drug-likeness (QED) is 0.461. The Balaban J connectivity index is 2.16. The van der Waals surface area contributed by atoms with E-state index in [2.05, 4.69) is 29.2 Å². The molecule has 3 aromatic carbocycles. The van der Waals surface area contributed by atoms with Crippen molar-refractivity contribution in [3.05, 3.63) is 70.5 Å². The van der Waals surface area contributed by atoms with Crippen molar-refractivity contribution in [2.24, 2.45) is 0 Å². The molecule has 4 heteroatoms. The minimum Gasteiger partial charge on any atom is -0.330 e. The monoisotopic (exact) mass is 310 g/mol. The summed E-state index contributed by atoms with van der Waals surface area (Å²) in [6.07, 6.45) is 0. The maximum absolute atomic E-state index is 6.14. The van der Waals surface area contributed by atoms with E-state index in [4.69, 9.17) is 23.8 Å². The van der Waals surface area contributed by atoms with Gasteiger partial charge in [0.1, 0.15) is 0 Å². The van der Waals surface area contributed by atoms with E-state index in [1.165, 1.54) is 5.39 Å². The van der Waals surface area contributed by atoms with E-state index in [1.807, 2.05) is 41.0 Å². The summed E-state index contributed by atoms with van der Waals surface area (Å²) < 4.78 is 2.71. The van der Waals surface area contributed by atoms with Crippen molar-refractivity contribution in [1.82, 2.24) is 9.55 Å². The van der Waals surface area contributed by atoms with E-state index in [0.29, 0.717) is 9.79 Å². The summed E-state index contributed by atoms with van der Waals surface area (Å²) in [7, 11) is 0. The highest BCUT2D eigenvalue weighted by Crippen LogP contribution is 2.27. The lowest BCUT2D eigenvalue weighted by Crippen LogP contribution is -1.95. The van der Waals surface area contributed by atoms with Gasteiger partial charge < -0.3 is 4.98 Å². The molecule has 0 bridgehead atoms. The van der Waals surface area contributed by atoms with Gasteiger partial charge in [-0.25, -0.2) is 0 Å². The van der Waals surface area contributed by atoms with Crippen molar-refractivity contribution >= 4 is 45.6 Å². The molecule has 1 aromatic heterocycles. The van der Waals surface area contributed by atoms with Crippen LogP contribution in [0.1, 0.15) is 0 Å². The minimum atomic E-state index is 0.670. The van der Waals surface area contributed by atoms with Gasteiger partial charge >= 0.3 is 0 Å². The summed E-state index contributed by atoms with van der Waals surface area (Å²) >= 11 is 11.6. The van der Waals surface area contributed by atoms with Crippen LogP contribution in [-0.4, -0.2) is 9.55 Å². The summed E-state index contributed by atoms with van der Waals surface area (Å²) in [5.41, 5.74) is 3.04. The molecule has 0 aliphatic heterocycles. The maximum Gasteiger partial charge on any atom is 0.182 e. The van der Waals surface area contributed by atoms with Crippen LogP contribution in [0.5, 0.6) is 0 Å². The van der Waals surface area contributed by atoms with Crippen LogP contribution in [0.2, 0.25) is 5.02 Å². The van der Waals surface area contributed by atoms with Crippen LogP contribution in [-0.2, 0) is 0 Å². The highest BCUT2D eigenvalue weighted by Gasteiger charge is 2.09. The third-order valence-electron chi connectivity index (χ3n) is 3.65.